The number of carbonyl (C=O) groups is 1. The van der Waals surface area contributed by atoms with Gasteiger partial charge in [-0.1, -0.05) is 20.8 Å². The van der Waals surface area contributed by atoms with Crippen molar-refractivity contribution in [3.63, 3.8) is 0 Å². The lowest BCUT2D eigenvalue weighted by molar-refractivity contribution is -0.135. The molecule has 0 saturated carbocycles. The highest BCUT2D eigenvalue weighted by Crippen LogP contribution is 2.27. The van der Waals surface area contributed by atoms with E-state index in [2.05, 4.69) is 30.6 Å². The third-order valence-corrected chi connectivity index (χ3v) is 5.22. The number of hydrogen-bond donors (Lipinski definition) is 1. The van der Waals surface area contributed by atoms with E-state index in [0.717, 1.165) is 58.8 Å². The first kappa shape index (κ1) is 16.7. The quantitative estimate of drug-likeness (QED) is 0.825. The van der Waals surface area contributed by atoms with Crippen molar-refractivity contribution >= 4 is 5.91 Å². The van der Waals surface area contributed by atoms with Crippen molar-refractivity contribution in [1.82, 2.24) is 14.7 Å². The summed E-state index contributed by atoms with van der Waals surface area (Å²) in [7, 11) is 0. The predicted molar refractivity (Wildman–Crippen MR) is 86.1 cm³/mol. The van der Waals surface area contributed by atoms with Crippen molar-refractivity contribution in [3.05, 3.63) is 0 Å². The first-order chi connectivity index (χ1) is 9.92. The highest BCUT2D eigenvalue weighted by molar-refractivity contribution is 5.76. The fourth-order valence-corrected chi connectivity index (χ4v) is 3.33. The third kappa shape index (κ3) is 4.41. The van der Waals surface area contributed by atoms with Crippen molar-refractivity contribution in [3.8, 4) is 0 Å². The van der Waals surface area contributed by atoms with Crippen molar-refractivity contribution in [2.75, 3.05) is 52.4 Å². The van der Waals surface area contributed by atoms with Gasteiger partial charge < -0.3 is 20.4 Å². The number of likely N-dealkylation sites (tertiary alicyclic amines) is 1. The molecule has 1 unspecified atom stereocenters. The molecule has 2 saturated heterocycles. The molecule has 5 nitrogen and oxygen atoms in total. The summed E-state index contributed by atoms with van der Waals surface area (Å²) in [6.45, 7) is 14.7. The molecule has 0 bridgehead atoms. The van der Waals surface area contributed by atoms with Crippen LogP contribution in [0, 0.1) is 5.41 Å². The SMILES string of the molecule is CCN1CCN(CCC(=O)N2CCC(N)C(C)(C)C2)CC1. The predicted octanol–water partition coefficient (Wildman–Crippen LogP) is 0.600. The van der Waals surface area contributed by atoms with Crippen LogP contribution in [-0.4, -0.2) is 79.0 Å². The highest BCUT2D eigenvalue weighted by atomic mass is 16.2. The summed E-state index contributed by atoms with van der Waals surface area (Å²) >= 11 is 0. The second kappa shape index (κ2) is 7.07. The van der Waals surface area contributed by atoms with Crippen LogP contribution in [0.4, 0.5) is 0 Å². The number of nitrogens with two attached hydrogens (primary N) is 1. The second-order valence-electron chi connectivity index (χ2n) is 7.22. The zero-order valence-electron chi connectivity index (χ0n) is 14.0. The van der Waals surface area contributed by atoms with E-state index in [1.807, 2.05) is 4.90 Å². The van der Waals surface area contributed by atoms with E-state index in [0.29, 0.717) is 12.3 Å². The van der Waals surface area contributed by atoms with Crippen LogP contribution in [0.15, 0.2) is 0 Å². The molecule has 0 aromatic heterocycles. The van der Waals surface area contributed by atoms with Gasteiger partial charge in [0.2, 0.25) is 5.91 Å². The maximum atomic E-state index is 12.4. The molecule has 2 N–H and O–H groups in total. The van der Waals surface area contributed by atoms with E-state index in [1.54, 1.807) is 0 Å². The van der Waals surface area contributed by atoms with Crippen LogP contribution >= 0.6 is 0 Å². The van der Waals surface area contributed by atoms with Crippen LogP contribution in [0.1, 0.15) is 33.6 Å². The standard InChI is InChI=1S/C16H32N4O/c1-4-18-9-11-19(12-10-18)7-6-15(21)20-8-5-14(17)16(2,3)13-20/h14H,4-13,17H2,1-3H3. The van der Waals surface area contributed by atoms with E-state index in [4.69, 9.17) is 5.73 Å². The molecular weight excluding hydrogens is 264 g/mol. The van der Waals surface area contributed by atoms with Crippen molar-refractivity contribution in [1.29, 1.82) is 0 Å². The molecule has 2 aliphatic rings. The summed E-state index contributed by atoms with van der Waals surface area (Å²) < 4.78 is 0. The lowest BCUT2D eigenvalue weighted by atomic mass is 9.79. The average Bonchev–Trinajstić information content (AvgIpc) is 2.48. The summed E-state index contributed by atoms with van der Waals surface area (Å²) in [6.07, 6.45) is 1.57. The zero-order chi connectivity index (χ0) is 15.5. The Balaban J connectivity index is 1.73. The summed E-state index contributed by atoms with van der Waals surface area (Å²) in [4.78, 5) is 19.3. The molecule has 1 amide bonds. The van der Waals surface area contributed by atoms with Gasteiger partial charge in [0.1, 0.15) is 0 Å². The van der Waals surface area contributed by atoms with Gasteiger partial charge in [0.05, 0.1) is 0 Å². The first-order valence-electron chi connectivity index (χ1n) is 8.40. The Hall–Kier alpha value is -0.650. The Labute approximate surface area is 129 Å². The lowest BCUT2D eigenvalue weighted by Crippen LogP contribution is -2.54. The maximum Gasteiger partial charge on any atom is 0.223 e. The Bertz CT molecular complexity index is 350. The lowest BCUT2D eigenvalue weighted by Gasteiger charge is -2.43. The Morgan fingerprint density at radius 2 is 1.76 bits per heavy atom. The molecule has 0 aromatic rings. The number of piperidine rings is 1. The molecule has 0 aliphatic carbocycles. The van der Waals surface area contributed by atoms with Gasteiger partial charge in [-0.15, -0.1) is 0 Å². The number of nitrogens with zero attached hydrogens (tertiary/aromatic N) is 3. The first-order valence-corrected chi connectivity index (χ1v) is 8.40. The van der Waals surface area contributed by atoms with Crippen LogP contribution in [0.2, 0.25) is 0 Å². The van der Waals surface area contributed by atoms with E-state index >= 15 is 0 Å². The van der Waals surface area contributed by atoms with E-state index in [1.165, 1.54) is 0 Å². The van der Waals surface area contributed by atoms with Gasteiger partial charge in [0.15, 0.2) is 0 Å². The van der Waals surface area contributed by atoms with Crippen molar-refractivity contribution < 1.29 is 4.79 Å². The van der Waals surface area contributed by atoms with E-state index < -0.39 is 0 Å². The molecule has 2 aliphatic heterocycles. The fourth-order valence-electron chi connectivity index (χ4n) is 3.33. The van der Waals surface area contributed by atoms with Gasteiger partial charge >= 0.3 is 0 Å². The minimum Gasteiger partial charge on any atom is -0.342 e. The van der Waals surface area contributed by atoms with Gasteiger partial charge in [0.25, 0.3) is 0 Å². The molecule has 21 heavy (non-hydrogen) atoms. The summed E-state index contributed by atoms with van der Waals surface area (Å²) in [6, 6.07) is 0.212. The molecule has 122 valence electrons. The van der Waals surface area contributed by atoms with Crippen LogP contribution in [0.25, 0.3) is 0 Å². The third-order valence-electron chi connectivity index (χ3n) is 5.22. The minimum absolute atomic E-state index is 0.0423. The molecule has 0 radical (unpaired) electrons. The van der Waals surface area contributed by atoms with Gasteiger partial charge in [-0.05, 0) is 18.4 Å². The van der Waals surface area contributed by atoms with Crippen LogP contribution in [-0.2, 0) is 4.79 Å². The molecule has 2 rings (SSSR count). The monoisotopic (exact) mass is 296 g/mol. The molecule has 2 heterocycles. The van der Waals surface area contributed by atoms with Crippen LogP contribution < -0.4 is 5.73 Å². The Morgan fingerprint density at radius 1 is 1.14 bits per heavy atom. The largest absolute Gasteiger partial charge is 0.342 e. The fraction of sp³-hybridized carbons (Fsp3) is 0.938. The minimum atomic E-state index is 0.0423. The van der Waals surface area contributed by atoms with Gasteiger partial charge in [-0.2, -0.15) is 0 Å². The number of likely N-dealkylation sites (N-methyl/N-ethyl adjacent to an activating group) is 1. The molecule has 0 aromatic carbocycles. The highest BCUT2D eigenvalue weighted by Gasteiger charge is 2.35. The number of hydrogen-bond acceptors (Lipinski definition) is 4. The van der Waals surface area contributed by atoms with Gasteiger partial charge in [-0.25, -0.2) is 0 Å². The number of amides is 1. The molecule has 0 spiro atoms. The zero-order valence-corrected chi connectivity index (χ0v) is 14.0. The smallest absolute Gasteiger partial charge is 0.223 e. The van der Waals surface area contributed by atoms with Crippen LogP contribution in [0.3, 0.4) is 0 Å². The second-order valence-corrected chi connectivity index (χ2v) is 7.22. The topological polar surface area (TPSA) is 52.8 Å². The van der Waals surface area contributed by atoms with E-state index in [-0.39, 0.29) is 11.5 Å². The van der Waals surface area contributed by atoms with E-state index in [9.17, 15) is 4.79 Å². The van der Waals surface area contributed by atoms with Gasteiger partial charge in [-0.3, -0.25) is 4.79 Å². The summed E-state index contributed by atoms with van der Waals surface area (Å²) in [5.74, 6) is 0.299. The van der Waals surface area contributed by atoms with Crippen LogP contribution in [0.5, 0.6) is 0 Å². The van der Waals surface area contributed by atoms with Crippen molar-refractivity contribution in [2.24, 2.45) is 11.1 Å². The number of rotatable bonds is 4. The summed E-state index contributed by atoms with van der Waals surface area (Å²) in [5.41, 5.74) is 6.18. The Morgan fingerprint density at radius 3 is 2.33 bits per heavy atom. The molecule has 2 fully saturated rings. The molecule has 5 heteroatoms. The molecular formula is C16H32N4O. The number of piperazine rings is 1. The number of carbonyl (C=O) groups excluding carboxylic acids is 1. The van der Waals surface area contributed by atoms with Crippen molar-refractivity contribution in [2.45, 2.75) is 39.7 Å². The normalized spacial score (nSPS) is 27.8. The Kier molecular flexibility index (Phi) is 5.63. The van der Waals surface area contributed by atoms with Gasteiger partial charge in [0, 0.05) is 58.3 Å². The summed E-state index contributed by atoms with van der Waals surface area (Å²) in [5, 5.41) is 0. The average molecular weight is 296 g/mol. The maximum absolute atomic E-state index is 12.4. The molecule has 1 atom stereocenters.